The fourth-order valence-electron chi connectivity index (χ4n) is 3.05. The highest BCUT2D eigenvalue weighted by Gasteiger charge is 2.13. The Bertz CT molecular complexity index is 1320. The van der Waals surface area contributed by atoms with Gasteiger partial charge in [-0.3, -0.25) is 4.79 Å². The summed E-state index contributed by atoms with van der Waals surface area (Å²) in [7, 11) is 1.54. The largest absolute Gasteiger partial charge is 0.493 e. The van der Waals surface area contributed by atoms with Crippen molar-refractivity contribution in [2.75, 3.05) is 7.11 Å². The number of methoxy groups -OCH3 is 1. The van der Waals surface area contributed by atoms with Crippen molar-refractivity contribution in [2.24, 2.45) is 5.10 Å². The van der Waals surface area contributed by atoms with Crippen molar-refractivity contribution < 1.29 is 18.7 Å². The van der Waals surface area contributed by atoms with E-state index in [4.69, 9.17) is 37.1 Å². The van der Waals surface area contributed by atoms with Crippen LogP contribution in [-0.2, 0) is 6.61 Å². The zero-order chi connectivity index (χ0) is 23.4. The molecule has 3 aromatic carbocycles. The van der Waals surface area contributed by atoms with E-state index < -0.39 is 5.91 Å². The lowest BCUT2D eigenvalue weighted by Crippen LogP contribution is -2.16. The minimum Gasteiger partial charge on any atom is -0.493 e. The van der Waals surface area contributed by atoms with E-state index in [1.54, 1.807) is 36.4 Å². The molecule has 0 aliphatic rings. The van der Waals surface area contributed by atoms with Crippen molar-refractivity contribution in [3.8, 4) is 11.5 Å². The quantitative estimate of drug-likeness (QED) is 0.203. The van der Waals surface area contributed by atoms with Crippen molar-refractivity contribution in [1.82, 2.24) is 5.43 Å². The van der Waals surface area contributed by atoms with Crippen LogP contribution in [0.4, 0.5) is 0 Å². The molecule has 0 radical (unpaired) electrons. The van der Waals surface area contributed by atoms with Gasteiger partial charge in [0.1, 0.15) is 12.2 Å². The average Bonchev–Trinajstić information content (AvgIpc) is 3.25. The number of hydrazone groups is 1. The van der Waals surface area contributed by atoms with Gasteiger partial charge in [-0.15, -0.1) is 0 Å². The Hall–Kier alpha value is -3.00. The normalized spacial score (nSPS) is 11.2. The van der Waals surface area contributed by atoms with Gasteiger partial charge in [0.25, 0.3) is 0 Å². The summed E-state index contributed by atoms with van der Waals surface area (Å²) in [5.74, 6) is 0.745. The van der Waals surface area contributed by atoms with E-state index in [1.165, 1.54) is 13.3 Å². The number of carbonyl (C=O) groups is 1. The summed E-state index contributed by atoms with van der Waals surface area (Å²) in [5, 5.41) is 5.80. The number of benzene rings is 3. The summed E-state index contributed by atoms with van der Waals surface area (Å²) in [6.07, 6.45) is 1.50. The number of carbonyl (C=O) groups excluding carboxylic acids is 1. The van der Waals surface area contributed by atoms with Crippen LogP contribution in [-0.4, -0.2) is 19.2 Å². The van der Waals surface area contributed by atoms with Crippen LogP contribution in [0.1, 0.15) is 21.7 Å². The second-order valence-electron chi connectivity index (χ2n) is 6.92. The van der Waals surface area contributed by atoms with Crippen LogP contribution < -0.4 is 14.9 Å². The molecule has 6 nitrogen and oxygen atoms in total. The van der Waals surface area contributed by atoms with Crippen molar-refractivity contribution in [3.05, 3.63) is 92.1 Å². The highest BCUT2D eigenvalue weighted by molar-refractivity contribution is 9.10. The summed E-state index contributed by atoms with van der Waals surface area (Å²) in [4.78, 5) is 12.3. The molecule has 1 amide bonds. The smallest absolute Gasteiger partial charge is 0.307 e. The molecule has 1 N–H and O–H groups in total. The standard InChI is InChI=1S/C24H17BrCl2N2O4/c1-31-21-10-15(8-17(25)23(21)32-13-14-6-7-18(26)19(27)9-14)12-28-29-24(30)22-11-16-4-2-3-5-20(16)33-22/h2-12H,13H2,1H3,(H,29,30)/b28-12-. The number of hydrogen-bond donors (Lipinski definition) is 1. The Balaban J connectivity index is 1.44. The highest BCUT2D eigenvalue weighted by atomic mass is 79.9. The fraction of sp³-hybridized carbons (Fsp3) is 0.0833. The average molecular weight is 548 g/mol. The molecule has 168 valence electrons. The molecule has 0 saturated carbocycles. The zero-order valence-electron chi connectivity index (χ0n) is 17.3. The molecule has 9 heteroatoms. The predicted octanol–water partition coefficient (Wildman–Crippen LogP) is 6.85. The molecule has 0 saturated heterocycles. The van der Waals surface area contributed by atoms with Gasteiger partial charge in [-0.1, -0.05) is 47.5 Å². The fourth-order valence-corrected chi connectivity index (χ4v) is 3.95. The number of amides is 1. The lowest BCUT2D eigenvalue weighted by Gasteiger charge is -2.14. The first-order chi connectivity index (χ1) is 15.9. The van der Waals surface area contributed by atoms with Gasteiger partial charge in [0.2, 0.25) is 0 Å². The Morgan fingerprint density at radius 1 is 1.12 bits per heavy atom. The maximum atomic E-state index is 12.3. The molecule has 1 aromatic heterocycles. The number of rotatable bonds is 7. The van der Waals surface area contributed by atoms with E-state index in [0.717, 1.165) is 10.9 Å². The Labute approximate surface area is 208 Å². The van der Waals surface area contributed by atoms with Gasteiger partial charge in [0.15, 0.2) is 17.3 Å². The number of ether oxygens (including phenoxy) is 2. The van der Waals surface area contributed by atoms with E-state index in [2.05, 4.69) is 26.5 Å². The topological polar surface area (TPSA) is 73.1 Å². The molecule has 0 aliphatic heterocycles. The Morgan fingerprint density at radius 3 is 2.70 bits per heavy atom. The van der Waals surface area contributed by atoms with E-state index in [9.17, 15) is 4.79 Å². The molecule has 4 rings (SSSR count). The second kappa shape index (κ2) is 10.3. The molecule has 0 atom stereocenters. The lowest BCUT2D eigenvalue weighted by molar-refractivity contribution is 0.0929. The van der Waals surface area contributed by atoms with Gasteiger partial charge >= 0.3 is 5.91 Å². The van der Waals surface area contributed by atoms with Crippen LogP contribution in [0.2, 0.25) is 10.0 Å². The third-order valence-electron chi connectivity index (χ3n) is 4.65. The summed E-state index contributed by atoms with van der Waals surface area (Å²) < 4.78 is 17.6. The number of furan rings is 1. The minimum atomic E-state index is -0.449. The molecule has 1 heterocycles. The van der Waals surface area contributed by atoms with Crippen LogP contribution in [0.15, 0.2) is 74.7 Å². The molecule has 0 fully saturated rings. The molecule has 0 aliphatic carbocycles. The van der Waals surface area contributed by atoms with Crippen LogP contribution >= 0.6 is 39.1 Å². The van der Waals surface area contributed by atoms with Crippen molar-refractivity contribution in [3.63, 3.8) is 0 Å². The molecule has 0 spiro atoms. The number of hydrogen-bond acceptors (Lipinski definition) is 5. The molecule has 4 aromatic rings. The van der Waals surface area contributed by atoms with E-state index in [1.807, 2.05) is 24.3 Å². The lowest BCUT2D eigenvalue weighted by atomic mass is 10.2. The van der Waals surface area contributed by atoms with Crippen LogP contribution in [0, 0.1) is 0 Å². The van der Waals surface area contributed by atoms with Crippen molar-refractivity contribution in [1.29, 1.82) is 0 Å². The predicted molar refractivity (Wildman–Crippen MR) is 133 cm³/mol. The third kappa shape index (κ3) is 5.50. The number of nitrogens with one attached hydrogen (secondary N) is 1. The van der Waals surface area contributed by atoms with Crippen LogP contribution in [0.25, 0.3) is 11.0 Å². The number of para-hydroxylation sites is 1. The van der Waals surface area contributed by atoms with E-state index >= 15 is 0 Å². The first-order valence-electron chi connectivity index (χ1n) is 9.71. The molecule has 33 heavy (non-hydrogen) atoms. The van der Waals surface area contributed by atoms with Gasteiger partial charge in [0, 0.05) is 5.39 Å². The minimum absolute atomic E-state index is 0.179. The van der Waals surface area contributed by atoms with Crippen molar-refractivity contribution >= 4 is 62.2 Å². The zero-order valence-corrected chi connectivity index (χ0v) is 20.4. The van der Waals surface area contributed by atoms with Gasteiger partial charge in [-0.2, -0.15) is 5.10 Å². The summed E-state index contributed by atoms with van der Waals surface area (Å²) in [6, 6.07) is 17.9. The second-order valence-corrected chi connectivity index (χ2v) is 8.59. The van der Waals surface area contributed by atoms with Gasteiger partial charge in [0.05, 0.1) is 27.8 Å². The van der Waals surface area contributed by atoms with Crippen LogP contribution in [0.3, 0.4) is 0 Å². The van der Waals surface area contributed by atoms with Gasteiger partial charge < -0.3 is 13.9 Å². The Morgan fingerprint density at radius 2 is 1.94 bits per heavy atom. The summed E-state index contributed by atoms with van der Waals surface area (Å²) >= 11 is 15.5. The third-order valence-corrected chi connectivity index (χ3v) is 5.98. The van der Waals surface area contributed by atoms with E-state index in [-0.39, 0.29) is 12.4 Å². The summed E-state index contributed by atoms with van der Waals surface area (Å²) in [6.45, 7) is 0.271. The molecular formula is C24H17BrCl2N2O4. The first-order valence-corrected chi connectivity index (χ1v) is 11.3. The summed E-state index contributed by atoms with van der Waals surface area (Å²) in [5.41, 5.74) is 4.64. The van der Waals surface area contributed by atoms with Crippen LogP contribution in [0.5, 0.6) is 11.5 Å². The van der Waals surface area contributed by atoms with Gasteiger partial charge in [-0.25, -0.2) is 5.43 Å². The maximum Gasteiger partial charge on any atom is 0.307 e. The number of nitrogens with zero attached hydrogens (tertiary/aromatic N) is 1. The number of halogens is 3. The SMILES string of the molecule is COc1cc(/C=N\NC(=O)c2cc3ccccc3o2)cc(Br)c1OCc1ccc(Cl)c(Cl)c1. The van der Waals surface area contributed by atoms with E-state index in [0.29, 0.717) is 37.2 Å². The highest BCUT2D eigenvalue weighted by Crippen LogP contribution is 2.37. The Kier molecular flexibility index (Phi) is 7.23. The molecule has 0 bridgehead atoms. The maximum absolute atomic E-state index is 12.3. The van der Waals surface area contributed by atoms with Gasteiger partial charge in [-0.05, 0) is 63.5 Å². The number of fused-ring (bicyclic) bond motifs is 1. The van der Waals surface area contributed by atoms with Crippen molar-refractivity contribution in [2.45, 2.75) is 6.61 Å². The molecule has 0 unspecified atom stereocenters. The monoisotopic (exact) mass is 546 g/mol. The first kappa shape index (κ1) is 23.2. The molecular weight excluding hydrogens is 531 g/mol.